The second kappa shape index (κ2) is 9.34. The van der Waals surface area contributed by atoms with Crippen LogP contribution in [0.4, 0.5) is 4.39 Å². The largest absolute Gasteiger partial charge is 0.489 e. The Balaban J connectivity index is 1.74. The molecule has 0 bridgehead atoms. The number of rotatable bonds is 7. The first-order valence-electron chi connectivity index (χ1n) is 8.92. The van der Waals surface area contributed by atoms with Crippen LogP contribution in [-0.2, 0) is 19.9 Å². The van der Waals surface area contributed by atoms with Gasteiger partial charge in [0, 0.05) is 17.3 Å². The summed E-state index contributed by atoms with van der Waals surface area (Å²) in [6.07, 6.45) is 1.59. The Morgan fingerprint density at radius 2 is 1.52 bits per heavy atom. The summed E-state index contributed by atoms with van der Waals surface area (Å²) in [6, 6.07) is 17.8. The van der Waals surface area contributed by atoms with Crippen LogP contribution in [0.1, 0.15) is 33.5 Å². The summed E-state index contributed by atoms with van der Waals surface area (Å²) in [5.41, 5.74) is 3.56. The van der Waals surface area contributed by atoms with Crippen molar-refractivity contribution in [1.29, 1.82) is 10.5 Å². The number of nitriles is 2. The van der Waals surface area contributed by atoms with E-state index in [0.29, 0.717) is 39.4 Å². The van der Waals surface area contributed by atoms with E-state index in [2.05, 4.69) is 11.1 Å². The molecule has 0 aliphatic rings. The lowest BCUT2D eigenvalue weighted by molar-refractivity contribution is 0.282. The van der Waals surface area contributed by atoms with Gasteiger partial charge in [-0.15, -0.1) is 0 Å². The van der Waals surface area contributed by atoms with E-state index in [1.54, 1.807) is 61.7 Å². The zero-order valence-electron chi connectivity index (χ0n) is 15.9. The van der Waals surface area contributed by atoms with Gasteiger partial charge in [0.25, 0.3) is 0 Å². The van der Waals surface area contributed by atoms with Gasteiger partial charge in [0.15, 0.2) is 0 Å². The smallest absolute Gasteiger partial charge is 0.147 e. The van der Waals surface area contributed by atoms with Crippen LogP contribution in [0, 0.1) is 29.6 Å². The molecule has 2 aromatic carbocycles. The Morgan fingerprint density at radius 3 is 2.10 bits per heavy atom. The molecule has 1 aromatic heterocycles. The van der Waals surface area contributed by atoms with Crippen molar-refractivity contribution in [2.75, 3.05) is 0 Å². The van der Waals surface area contributed by atoms with E-state index in [4.69, 9.17) is 20.0 Å². The molecule has 0 spiro atoms. The molecule has 0 amide bonds. The molecule has 5 nitrogen and oxygen atoms in total. The van der Waals surface area contributed by atoms with Crippen LogP contribution < -0.4 is 9.47 Å². The van der Waals surface area contributed by atoms with Crippen molar-refractivity contribution in [1.82, 2.24) is 4.98 Å². The van der Waals surface area contributed by atoms with E-state index in [1.165, 1.54) is 0 Å². The number of pyridine rings is 1. The Bertz CT molecular complexity index is 1070. The summed E-state index contributed by atoms with van der Waals surface area (Å²) >= 11 is 0. The Kier molecular flexibility index (Phi) is 6.40. The number of alkyl halides is 1. The fraction of sp³-hybridized carbons (Fsp3) is 0.174. The first-order valence-corrected chi connectivity index (χ1v) is 8.92. The first-order chi connectivity index (χ1) is 14.1. The average molecular weight is 387 g/mol. The highest BCUT2D eigenvalue weighted by Gasteiger charge is 2.15. The summed E-state index contributed by atoms with van der Waals surface area (Å²) in [7, 11) is 0. The molecule has 0 N–H and O–H groups in total. The van der Waals surface area contributed by atoms with Crippen LogP contribution in [0.2, 0.25) is 0 Å². The lowest BCUT2D eigenvalue weighted by Crippen LogP contribution is -2.07. The fourth-order valence-electron chi connectivity index (χ4n) is 2.76. The van der Waals surface area contributed by atoms with Crippen molar-refractivity contribution in [2.45, 2.75) is 26.8 Å². The Hall–Kier alpha value is -3.90. The molecule has 0 radical (unpaired) electrons. The van der Waals surface area contributed by atoms with Gasteiger partial charge in [0.2, 0.25) is 0 Å². The molecule has 6 heteroatoms. The summed E-state index contributed by atoms with van der Waals surface area (Å²) in [6.45, 7) is 1.42. The van der Waals surface area contributed by atoms with Crippen LogP contribution in [-0.4, -0.2) is 4.98 Å². The quantitative estimate of drug-likeness (QED) is 0.584. The molecular formula is C23H18FN3O2. The van der Waals surface area contributed by atoms with Crippen LogP contribution in [0.15, 0.2) is 54.7 Å². The number of aryl methyl sites for hydroxylation is 1. The molecule has 0 aliphatic carbocycles. The number of ether oxygens (including phenoxy) is 2. The molecule has 1 heterocycles. The third-order valence-electron chi connectivity index (χ3n) is 4.38. The Morgan fingerprint density at radius 1 is 0.897 bits per heavy atom. The van der Waals surface area contributed by atoms with E-state index in [1.807, 2.05) is 6.07 Å². The van der Waals surface area contributed by atoms with E-state index >= 15 is 0 Å². The zero-order valence-corrected chi connectivity index (χ0v) is 15.9. The van der Waals surface area contributed by atoms with Gasteiger partial charge in [-0.05, 0) is 48.9 Å². The van der Waals surface area contributed by atoms with E-state index in [0.717, 1.165) is 5.56 Å². The highest BCUT2D eigenvalue weighted by molar-refractivity contribution is 5.42. The number of hydrogen-bond acceptors (Lipinski definition) is 5. The summed E-state index contributed by atoms with van der Waals surface area (Å²) in [5, 5.41) is 17.7. The van der Waals surface area contributed by atoms with Crippen LogP contribution in [0.5, 0.6) is 11.5 Å². The summed E-state index contributed by atoms with van der Waals surface area (Å²) in [4.78, 5) is 4.31. The number of aromatic nitrogens is 1. The van der Waals surface area contributed by atoms with E-state index in [-0.39, 0.29) is 13.2 Å². The number of nitrogens with zero attached hydrogens (tertiary/aromatic N) is 3. The standard InChI is InChI=1S/C23H18FN3O2/c1-16-23(29-14-19-4-2-17(11-25)3-5-19)22(10-24)20(13-27-16)15-28-21-8-6-18(12-26)7-9-21/h2-9,13H,10,14-15H2,1H3. The van der Waals surface area contributed by atoms with Crippen LogP contribution in [0.3, 0.4) is 0 Å². The van der Waals surface area contributed by atoms with Crippen molar-refractivity contribution in [3.63, 3.8) is 0 Å². The van der Waals surface area contributed by atoms with Crippen LogP contribution in [0.25, 0.3) is 0 Å². The SMILES string of the molecule is Cc1ncc(COc2ccc(C#N)cc2)c(CF)c1OCc1ccc(C#N)cc1. The van der Waals surface area contributed by atoms with Crippen molar-refractivity contribution >= 4 is 0 Å². The predicted octanol–water partition coefficient (Wildman–Crippen LogP) is 4.76. The van der Waals surface area contributed by atoms with Crippen molar-refractivity contribution < 1.29 is 13.9 Å². The topological polar surface area (TPSA) is 78.9 Å². The van der Waals surface area contributed by atoms with Crippen molar-refractivity contribution in [2.24, 2.45) is 0 Å². The molecule has 3 rings (SSSR count). The van der Waals surface area contributed by atoms with Gasteiger partial charge in [-0.2, -0.15) is 10.5 Å². The molecular weight excluding hydrogens is 369 g/mol. The minimum Gasteiger partial charge on any atom is -0.489 e. The lowest BCUT2D eigenvalue weighted by atomic mass is 10.1. The monoisotopic (exact) mass is 387 g/mol. The molecule has 0 fully saturated rings. The average Bonchev–Trinajstić information content (AvgIpc) is 2.77. The molecule has 29 heavy (non-hydrogen) atoms. The van der Waals surface area contributed by atoms with Gasteiger partial charge in [-0.25, -0.2) is 4.39 Å². The predicted molar refractivity (Wildman–Crippen MR) is 105 cm³/mol. The van der Waals surface area contributed by atoms with Crippen molar-refractivity contribution in [3.05, 3.63) is 88.2 Å². The van der Waals surface area contributed by atoms with E-state index in [9.17, 15) is 4.39 Å². The first kappa shape index (κ1) is 19.9. The second-order valence-corrected chi connectivity index (χ2v) is 6.33. The van der Waals surface area contributed by atoms with Gasteiger partial charge >= 0.3 is 0 Å². The molecule has 3 aromatic rings. The molecule has 0 atom stereocenters. The minimum atomic E-state index is -0.710. The summed E-state index contributed by atoms with van der Waals surface area (Å²) < 4.78 is 25.4. The van der Waals surface area contributed by atoms with Gasteiger partial charge in [0.05, 0.1) is 29.0 Å². The third-order valence-corrected chi connectivity index (χ3v) is 4.38. The second-order valence-electron chi connectivity index (χ2n) is 6.33. The molecule has 0 aliphatic heterocycles. The molecule has 0 unspecified atom stereocenters. The number of halogens is 1. The highest BCUT2D eigenvalue weighted by Crippen LogP contribution is 2.28. The maximum atomic E-state index is 13.8. The summed E-state index contributed by atoms with van der Waals surface area (Å²) in [5.74, 6) is 0.979. The van der Waals surface area contributed by atoms with Gasteiger partial charge in [-0.3, -0.25) is 4.98 Å². The zero-order chi connectivity index (χ0) is 20.6. The normalized spacial score (nSPS) is 10.1. The fourth-order valence-corrected chi connectivity index (χ4v) is 2.76. The number of hydrogen-bond donors (Lipinski definition) is 0. The maximum Gasteiger partial charge on any atom is 0.147 e. The third kappa shape index (κ3) is 4.88. The van der Waals surface area contributed by atoms with Gasteiger partial charge < -0.3 is 9.47 Å². The van der Waals surface area contributed by atoms with Gasteiger partial charge in [0.1, 0.15) is 31.4 Å². The van der Waals surface area contributed by atoms with Crippen molar-refractivity contribution in [3.8, 4) is 23.6 Å². The Labute approximate surface area is 168 Å². The van der Waals surface area contributed by atoms with E-state index < -0.39 is 6.67 Å². The van der Waals surface area contributed by atoms with Crippen LogP contribution >= 0.6 is 0 Å². The molecule has 0 saturated heterocycles. The number of benzene rings is 2. The minimum absolute atomic E-state index is 0.131. The van der Waals surface area contributed by atoms with Gasteiger partial charge in [-0.1, -0.05) is 12.1 Å². The molecule has 0 saturated carbocycles. The molecule has 144 valence electrons. The maximum absolute atomic E-state index is 13.8. The highest BCUT2D eigenvalue weighted by atomic mass is 19.1. The lowest BCUT2D eigenvalue weighted by Gasteiger charge is -2.16.